The third-order valence-corrected chi connectivity index (χ3v) is 3.78. The SMILES string of the molecule is CCCC1=CC=C(OC2CCC=C(C(F)(F)F)C2)CC1. The minimum Gasteiger partial charge on any atom is -0.494 e. The molecule has 0 aromatic rings. The summed E-state index contributed by atoms with van der Waals surface area (Å²) in [6.07, 6.45) is 5.84. The zero-order chi connectivity index (χ0) is 14.6. The summed E-state index contributed by atoms with van der Waals surface area (Å²) >= 11 is 0. The summed E-state index contributed by atoms with van der Waals surface area (Å²) in [5.74, 6) is 0.832. The number of halogens is 3. The van der Waals surface area contributed by atoms with Crippen LogP contribution < -0.4 is 0 Å². The van der Waals surface area contributed by atoms with Crippen molar-refractivity contribution in [2.24, 2.45) is 0 Å². The average molecular weight is 286 g/mol. The first-order valence-corrected chi connectivity index (χ1v) is 7.30. The quantitative estimate of drug-likeness (QED) is 0.624. The van der Waals surface area contributed by atoms with Crippen LogP contribution in [0.1, 0.15) is 51.9 Å². The molecule has 4 heteroatoms. The van der Waals surface area contributed by atoms with E-state index in [4.69, 9.17) is 4.74 Å². The van der Waals surface area contributed by atoms with Gasteiger partial charge in [-0.05, 0) is 31.8 Å². The molecule has 0 spiro atoms. The second kappa shape index (κ2) is 6.51. The molecule has 2 aliphatic carbocycles. The summed E-state index contributed by atoms with van der Waals surface area (Å²) in [6, 6.07) is 0. The van der Waals surface area contributed by atoms with E-state index in [0.717, 1.165) is 31.4 Å². The molecule has 0 N–H and O–H groups in total. The molecule has 0 heterocycles. The monoisotopic (exact) mass is 286 g/mol. The molecular weight excluding hydrogens is 265 g/mol. The van der Waals surface area contributed by atoms with Crippen molar-refractivity contribution in [1.29, 1.82) is 0 Å². The van der Waals surface area contributed by atoms with Crippen LogP contribution in [0.3, 0.4) is 0 Å². The van der Waals surface area contributed by atoms with Crippen molar-refractivity contribution in [3.05, 3.63) is 35.1 Å². The van der Waals surface area contributed by atoms with E-state index in [1.54, 1.807) is 0 Å². The summed E-state index contributed by atoms with van der Waals surface area (Å²) in [7, 11) is 0. The lowest BCUT2D eigenvalue weighted by Gasteiger charge is -2.27. The summed E-state index contributed by atoms with van der Waals surface area (Å²) in [5.41, 5.74) is 0.965. The van der Waals surface area contributed by atoms with Crippen LogP contribution in [0.2, 0.25) is 0 Å². The van der Waals surface area contributed by atoms with Crippen LogP contribution in [0.5, 0.6) is 0 Å². The Balaban J connectivity index is 1.91. The van der Waals surface area contributed by atoms with Gasteiger partial charge in [-0.2, -0.15) is 13.2 Å². The standard InChI is InChI=1S/C16H21F3O/c1-2-4-12-7-9-14(10-8-12)20-15-6-3-5-13(11-15)16(17,18)19/h5,7,9,15H,2-4,6,8,10-11H2,1H3. The van der Waals surface area contributed by atoms with E-state index >= 15 is 0 Å². The molecule has 2 rings (SSSR count). The Labute approximate surface area is 118 Å². The molecule has 1 nitrogen and oxygen atoms in total. The number of rotatable bonds is 4. The molecule has 0 bridgehead atoms. The lowest BCUT2D eigenvalue weighted by Crippen LogP contribution is -2.24. The predicted octanol–water partition coefficient (Wildman–Crippen LogP) is 5.45. The lowest BCUT2D eigenvalue weighted by atomic mass is 9.95. The highest BCUT2D eigenvalue weighted by Crippen LogP contribution is 2.35. The van der Waals surface area contributed by atoms with Crippen LogP contribution in [0.25, 0.3) is 0 Å². The van der Waals surface area contributed by atoms with E-state index in [0.29, 0.717) is 12.8 Å². The molecule has 0 aromatic carbocycles. The van der Waals surface area contributed by atoms with Gasteiger partial charge in [-0.25, -0.2) is 0 Å². The van der Waals surface area contributed by atoms with Crippen LogP contribution in [-0.2, 0) is 4.74 Å². The second-order valence-electron chi connectivity index (χ2n) is 5.46. The Morgan fingerprint density at radius 2 is 2.05 bits per heavy atom. The molecule has 112 valence electrons. The number of hydrogen-bond donors (Lipinski definition) is 0. The summed E-state index contributed by atoms with van der Waals surface area (Å²) in [6.45, 7) is 2.14. The van der Waals surface area contributed by atoms with Crippen molar-refractivity contribution in [2.75, 3.05) is 0 Å². The normalized spacial score (nSPS) is 23.8. The van der Waals surface area contributed by atoms with Gasteiger partial charge in [0.15, 0.2) is 0 Å². The van der Waals surface area contributed by atoms with E-state index in [2.05, 4.69) is 13.0 Å². The number of alkyl halides is 3. The van der Waals surface area contributed by atoms with Crippen LogP contribution in [0, 0.1) is 0 Å². The zero-order valence-electron chi connectivity index (χ0n) is 11.8. The summed E-state index contributed by atoms with van der Waals surface area (Å²) in [4.78, 5) is 0. The summed E-state index contributed by atoms with van der Waals surface area (Å²) in [5, 5.41) is 0. The van der Waals surface area contributed by atoms with Gasteiger partial charge in [0.1, 0.15) is 6.10 Å². The summed E-state index contributed by atoms with van der Waals surface area (Å²) < 4.78 is 43.8. The fourth-order valence-electron chi connectivity index (χ4n) is 2.71. The highest BCUT2D eigenvalue weighted by atomic mass is 19.4. The molecule has 0 radical (unpaired) electrons. The van der Waals surface area contributed by atoms with Gasteiger partial charge in [-0.3, -0.25) is 0 Å². The predicted molar refractivity (Wildman–Crippen MR) is 73.2 cm³/mol. The van der Waals surface area contributed by atoms with Gasteiger partial charge in [-0.1, -0.05) is 31.1 Å². The van der Waals surface area contributed by atoms with Crippen molar-refractivity contribution in [3.63, 3.8) is 0 Å². The maximum absolute atomic E-state index is 12.7. The van der Waals surface area contributed by atoms with E-state index in [1.807, 2.05) is 6.08 Å². The number of ether oxygens (including phenoxy) is 1. The molecule has 2 aliphatic rings. The fourth-order valence-corrected chi connectivity index (χ4v) is 2.71. The maximum atomic E-state index is 12.7. The smallest absolute Gasteiger partial charge is 0.412 e. The van der Waals surface area contributed by atoms with E-state index in [1.165, 1.54) is 11.6 Å². The Kier molecular flexibility index (Phi) is 4.95. The van der Waals surface area contributed by atoms with Crippen molar-refractivity contribution in [3.8, 4) is 0 Å². The van der Waals surface area contributed by atoms with Gasteiger partial charge < -0.3 is 4.74 Å². The average Bonchev–Trinajstić information content (AvgIpc) is 2.41. The Hall–Kier alpha value is -1.19. The van der Waals surface area contributed by atoms with E-state index < -0.39 is 11.7 Å². The zero-order valence-corrected chi connectivity index (χ0v) is 11.8. The van der Waals surface area contributed by atoms with Gasteiger partial charge in [0, 0.05) is 18.4 Å². The molecule has 0 saturated heterocycles. The Morgan fingerprint density at radius 3 is 2.65 bits per heavy atom. The second-order valence-corrected chi connectivity index (χ2v) is 5.46. The molecule has 1 atom stereocenters. The first kappa shape index (κ1) is 15.2. The Morgan fingerprint density at radius 1 is 1.25 bits per heavy atom. The van der Waals surface area contributed by atoms with Crippen molar-refractivity contribution in [1.82, 2.24) is 0 Å². The maximum Gasteiger partial charge on any atom is 0.412 e. The van der Waals surface area contributed by atoms with Gasteiger partial charge >= 0.3 is 6.18 Å². The molecule has 0 aromatic heterocycles. The third-order valence-electron chi connectivity index (χ3n) is 3.78. The first-order valence-electron chi connectivity index (χ1n) is 7.30. The minimum absolute atomic E-state index is 0.0215. The number of hydrogen-bond acceptors (Lipinski definition) is 1. The molecule has 20 heavy (non-hydrogen) atoms. The first-order chi connectivity index (χ1) is 9.49. The lowest BCUT2D eigenvalue weighted by molar-refractivity contribution is -0.0995. The van der Waals surface area contributed by atoms with E-state index in [-0.39, 0.29) is 12.5 Å². The van der Waals surface area contributed by atoms with Crippen LogP contribution in [0.4, 0.5) is 13.2 Å². The molecule has 0 amide bonds. The highest BCUT2D eigenvalue weighted by molar-refractivity contribution is 5.21. The fraction of sp³-hybridized carbons (Fsp3) is 0.625. The van der Waals surface area contributed by atoms with Crippen molar-refractivity contribution in [2.45, 2.75) is 64.1 Å². The highest BCUT2D eigenvalue weighted by Gasteiger charge is 2.36. The van der Waals surface area contributed by atoms with Crippen LogP contribution in [-0.4, -0.2) is 12.3 Å². The molecule has 0 saturated carbocycles. The minimum atomic E-state index is -4.21. The van der Waals surface area contributed by atoms with Crippen molar-refractivity contribution < 1.29 is 17.9 Å². The topological polar surface area (TPSA) is 9.23 Å². The van der Waals surface area contributed by atoms with Gasteiger partial charge in [0.05, 0.1) is 5.76 Å². The third kappa shape index (κ3) is 4.15. The van der Waals surface area contributed by atoms with E-state index in [9.17, 15) is 13.2 Å². The largest absolute Gasteiger partial charge is 0.494 e. The molecule has 0 aliphatic heterocycles. The van der Waals surface area contributed by atoms with Gasteiger partial charge in [-0.15, -0.1) is 0 Å². The molecule has 1 unspecified atom stereocenters. The van der Waals surface area contributed by atoms with Crippen LogP contribution in [0.15, 0.2) is 35.1 Å². The Bertz CT molecular complexity index is 429. The number of allylic oxidation sites excluding steroid dienone is 5. The molecular formula is C16H21F3O. The van der Waals surface area contributed by atoms with Crippen LogP contribution >= 0.6 is 0 Å². The van der Waals surface area contributed by atoms with Gasteiger partial charge in [0.25, 0.3) is 0 Å². The van der Waals surface area contributed by atoms with Crippen molar-refractivity contribution >= 4 is 0 Å². The molecule has 0 fully saturated rings. The van der Waals surface area contributed by atoms with Gasteiger partial charge in [0.2, 0.25) is 0 Å².